The van der Waals surface area contributed by atoms with E-state index >= 15 is 0 Å². The zero-order valence-electron chi connectivity index (χ0n) is 10.2. The molecule has 0 aliphatic rings. The Morgan fingerprint density at radius 1 is 1.26 bits per heavy atom. The first kappa shape index (κ1) is 14.1. The van der Waals surface area contributed by atoms with Gasteiger partial charge in [-0.15, -0.1) is 0 Å². The molecular formula is C14H12ClIN2O. The molecule has 19 heavy (non-hydrogen) atoms. The van der Waals surface area contributed by atoms with Crippen LogP contribution in [0.5, 0.6) is 0 Å². The Labute approximate surface area is 130 Å². The highest BCUT2D eigenvalue weighted by Crippen LogP contribution is 2.23. The molecule has 98 valence electrons. The highest BCUT2D eigenvalue weighted by Gasteiger charge is 2.10. The van der Waals surface area contributed by atoms with Crippen LogP contribution in [0.15, 0.2) is 36.4 Å². The van der Waals surface area contributed by atoms with Gasteiger partial charge in [0.2, 0.25) is 0 Å². The summed E-state index contributed by atoms with van der Waals surface area (Å²) in [6.45, 7) is 1.94. The Hall–Kier alpha value is -1.27. The standard InChI is InChI=1S/C14H12ClIN2O/c1-8-2-5-12(17)13(6-8)18-14(19)9-3-4-11(16)10(15)7-9/h2-7H,17H2,1H3,(H,18,19). The Balaban J connectivity index is 2.25. The first-order valence-electron chi connectivity index (χ1n) is 5.60. The third kappa shape index (κ3) is 3.39. The summed E-state index contributed by atoms with van der Waals surface area (Å²) in [5.74, 6) is -0.226. The fraction of sp³-hybridized carbons (Fsp3) is 0.0714. The molecule has 2 rings (SSSR count). The van der Waals surface area contributed by atoms with Crippen molar-refractivity contribution < 1.29 is 4.79 Å². The van der Waals surface area contributed by atoms with Gasteiger partial charge in [0.15, 0.2) is 0 Å². The highest BCUT2D eigenvalue weighted by atomic mass is 127. The number of hydrogen-bond acceptors (Lipinski definition) is 2. The number of aryl methyl sites for hydroxylation is 1. The Morgan fingerprint density at radius 2 is 2.00 bits per heavy atom. The van der Waals surface area contributed by atoms with E-state index in [2.05, 4.69) is 27.9 Å². The van der Waals surface area contributed by atoms with Crippen molar-refractivity contribution in [2.75, 3.05) is 11.1 Å². The molecule has 0 fully saturated rings. The minimum absolute atomic E-state index is 0.226. The fourth-order valence-corrected chi connectivity index (χ4v) is 2.13. The number of halogens is 2. The molecule has 0 saturated heterocycles. The van der Waals surface area contributed by atoms with Crippen LogP contribution in [0.2, 0.25) is 5.02 Å². The van der Waals surface area contributed by atoms with E-state index in [-0.39, 0.29) is 5.91 Å². The second-order valence-corrected chi connectivity index (χ2v) is 5.74. The summed E-state index contributed by atoms with van der Waals surface area (Å²) in [4.78, 5) is 12.1. The van der Waals surface area contributed by atoms with Gasteiger partial charge in [-0.05, 0) is 65.4 Å². The van der Waals surface area contributed by atoms with E-state index in [0.717, 1.165) is 9.13 Å². The average Bonchev–Trinajstić information content (AvgIpc) is 2.37. The third-order valence-electron chi connectivity index (χ3n) is 2.64. The number of carbonyl (C=O) groups is 1. The number of rotatable bonds is 2. The van der Waals surface area contributed by atoms with Gasteiger partial charge in [-0.2, -0.15) is 0 Å². The minimum atomic E-state index is -0.226. The van der Waals surface area contributed by atoms with Crippen molar-refractivity contribution >= 4 is 51.5 Å². The minimum Gasteiger partial charge on any atom is -0.397 e. The smallest absolute Gasteiger partial charge is 0.255 e. The molecule has 3 N–H and O–H groups in total. The van der Waals surface area contributed by atoms with Gasteiger partial charge >= 0.3 is 0 Å². The van der Waals surface area contributed by atoms with Crippen LogP contribution >= 0.6 is 34.2 Å². The van der Waals surface area contributed by atoms with Crippen LogP contribution in [0.3, 0.4) is 0 Å². The third-order valence-corrected chi connectivity index (χ3v) is 4.21. The summed E-state index contributed by atoms with van der Waals surface area (Å²) in [5, 5.41) is 3.35. The van der Waals surface area contributed by atoms with Crippen molar-refractivity contribution in [3.8, 4) is 0 Å². The van der Waals surface area contributed by atoms with E-state index in [1.165, 1.54) is 0 Å². The number of amides is 1. The van der Waals surface area contributed by atoms with Crippen LogP contribution in [0, 0.1) is 10.5 Å². The van der Waals surface area contributed by atoms with Gasteiger partial charge in [-0.1, -0.05) is 17.7 Å². The highest BCUT2D eigenvalue weighted by molar-refractivity contribution is 14.1. The molecule has 0 aromatic heterocycles. The Bertz CT molecular complexity index is 643. The number of carbonyl (C=O) groups excluding carboxylic acids is 1. The molecule has 3 nitrogen and oxygen atoms in total. The Morgan fingerprint density at radius 3 is 2.68 bits per heavy atom. The number of hydrogen-bond donors (Lipinski definition) is 2. The van der Waals surface area contributed by atoms with Crippen molar-refractivity contribution in [2.45, 2.75) is 6.92 Å². The molecular weight excluding hydrogens is 375 g/mol. The van der Waals surface area contributed by atoms with E-state index in [1.54, 1.807) is 24.3 Å². The van der Waals surface area contributed by atoms with Gasteiger partial charge in [0, 0.05) is 9.13 Å². The summed E-state index contributed by atoms with van der Waals surface area (Å²) in [5.41, 5.74) is 8.51. The lowest BCUT2D eigenvalue weighted by Gasteiger charge is -2.09. The molecule has 5 heteroatoms. The summed E-state index contributed by atoms with van der Waals surface area (Å²) < 4.78 is 0.908. The molecule has 0 atom stereocenters. The van der Waals surface area contributed by atoms with Crippen LogP contribution in [-0.4, -0.2) is 5.91 Å². The molecule has 1 amide bonds. The van der Waals surface area contributed by atoms with Crippen LogP contribution in [-0.2, 0) is 0 Å². The van der Waals surface area contributed by atoms with E-state index in [4.69, 9.17) is 17.3 Å². The average molecular weight is 387 g/mol. The lowest BCUT2D eigenvalue weighted by Crippen LogP contribution is -2.13. The van der Waals surface area contributed by atoms with E-state index in [9.17, 15) is 4.79 Å². The van der Waals surface area contributed by atoms with E-state index in [1.807, 2.05) is 19.1 Å². The first-order chi connectivity index (χ1) is 8.97. The van der Waals surface area contributed by atoms with E-state index < -0.39 is 0 Å². The summed E-state index contributed by atoms with van der Waals surface area (Å²) in [6.07, 6.45) is 0. The largest absolute Gasteiger partial charge is 0.397 e. The summed E-state index contributed by atoms with van der Waals surface area (Å²) in [6, 6.07) is 10.7. The maximum absolute atomic E-state index is 12.1. The maximum Gasteiger partial charge on any atom is 0.255 e. The molecule has 0 aliphatic carbocycles. The number of benzene rings is 2. The lowest BCUT2D eigenvalue weighted by molar-refractivity contribution is 0.102. The lowest BCUT2D eigenvalue weighted by atomic mass is 10.1. The first-order valence-corrected chi connectivity index (χ1v) is 7.05. The van der Waals surface area contributed by atoms with Gasteiger partial charge in [-0.25, -0.2) is 0 Å². The monoisotopic (exact) mass is 386 g/mol. The molecule has 0 saturated carbocycles. The van der Waals surface area contributed by atoms with Crippen molar-refractivity contribution in [2.24, 2.45) is 0 Å². The van der Waals surface area contributed by atoms with Gasteiger partial charge in [0.25, 0.3) is 5.91 Å². The maximum atomic E-state index is 12.1. The molecule has 0 heterocycles. The normalized spacial score (nSPS) is 10.3. The topological polar surface area (TPSA) is 55.1 Å². The zero-order chi connectivity index (χ0) is 14.0. The molecule has 0 aliphatic heterocycles. The second-order valence-electron chi connectivity index (χ2n) is 4.17. The molecule has 0 spiro atoms. The second kappa shape index (κ2) is 5.79. The molecule has 2 aromatic carbocycles. The molecule has 2 aromatic rings. The molecule has 0 unspecified atom stereocenters. The van der Waals surface area contributed by atoms with Crippen LogP contribution in [0.25, 0.3) is 0 Å². The van der Waals surface area contributed by atoms with Crippen LogP contribution in [0.4, 0.5) is 11.4 Å². The fourth-order valence-electron chi connectivity index (χ4n) is 1.61. The number of nitrogens with two attached hydrogens (primary N) is 1. The van der Waals surface area contributed by atoms with Crippen LogP contribution < -0.4 is 11.1 Å². The van der Waals surface area contributed by atoms with Crippen molar-refractivity contribution in [3.63, 3.8) is 0 Å². The van der Waals surface area contributed by atoms with Crippen LogP contribution in [0.1, 0.15) is 15.9 Å². The number of nitrogens with one attached hydrogen (secondary N) is 1. The van der Waals surface area contributed by atoms with Gasteiger partial charge in [-0.3, -0.25) is 4.79 Å². The Kier molecular flexibility index (Phi) is 4.31. The molecule has 0 bridgehead atoms. The zero-order valence-corrected chi connectivity index (χ0v) is 13.1. The quantitative estimate of drug-likeness (QED) is 0.603. The predicted octanol–water partition coefficient (Wildman–Crippen LogP) is 4.09. The van der Waals surface area contributed by atoms with Gasteiger partial charge in [0.1, 0.15) is 0 Å². The summed E-state index contributed by atoms with van der Waals surface area (Å²) in [7, 11) is 0. The van der Waals surface area contributed by atoms with Crippen molar-refractivity contribution in [3.05, 3.63) is 56.1 Å². The molecule has 0 radical (unpaired) electrons. The van der Waals surface area contributed by atoms with Gasteiger partial charge < -0.3 is 11.1 Å². The summed E-state index contributed by atoms with van der Waals surface area (Å²) >= 11 is 8.12. The van der Waals surface area contributed by atoms with Crippen molar-refractivity contribution in [1.82, 2.24) is 0 Å². The number of anilines is 2. The van der Waals surface area contributed by atoms with E-state index in [0.29, 0.717) is 22.0 Å². The predicted molar refractivity (Wildman–Crippen MR) is 87.7 cm³/mol. The van der Waals surface area contributed by atoms with Crippen molar-refractivity contribution in [1.29, 1.82) is 0 Å². The SMILES string of the molecule is Cc1ccc(N)c(NC(=O)c2ccc(I)c(Cl)c2)c1. The van der Waals surface area contributed by atoms with Gasteiger partial charge in [0.05, 0.1) is 16.4 Å². The number of nitrogen functional groups attached to an aromatic ring is 1.